The predicted molar refractivity (Wildman–Crippen MR) is 99.9 cm³/mol. The zero-order chi connectivity index (χ0) is 20.4. The van der Waals surface area contributed by atoms with Gasteiger partial charge < -0.3 is 14.9 Å². The SMILES string of the molecule is CCOC(=O)c1cc2c(C(=O)c3ccc([NH+]([O-])O)cc3)c(C(C)=O)ccc2[nH]1. The molecule has 1 aromatic heterocycles. The molecule has 144 valence electrons. The molecule has 8 nitrogen and oxygen atoms in total. The third-order valence-electron chi connectivity index (χ3n) is 4.30. The van der Waals surface area contributed by atoms with Gasteiger partial charge in [0.2, 0.25) is 0 Å². The van der Waals surface area contributed by atoms with Crippen LogP contribution in [0.5, 0.6) is 0 Å². The predicted octanol–water partition coefficient (Wildman–Crippen LogP) is 2.18. The van der Waals surface area contributed by atoms with Gasteiger partial charge in [0.1, 0.15) is 5.69 Å². The number of ether oxygens (including phenoxy) is 1. The Balaban J connectivity index is 2.15. The van der Waals surface area contributed by atoms with E-state index in [1.165, 1.54) is 43.3 Å². The van der Waals surface area contributed by atoms with Gasteiger partial charge in [-0.1, -0.05) is 0 Å². The Hall–Kier alpha value is -3.33. The molecule has 0 saturated carbocycles. The molecule has 28 heavy (non-hydrogen) atoms. The van der Waals surface area contributed by atoms with Crippen LogP contribution >= 0.6 is 0 Å². The molecule has 1 atom stereocenters. The van der Waals surface area contributed by atoms with E-state index in [4.69, 9.17) is 9.94 Å². The number of hydrogen-bond donors (Lipinski definition) is 3. The summed E-state index contributed by atoms with van der Waals surface area (Å²) in [6, 6.07) is 10.1. The minimum Gasteiger partial charge on any atom is -0.595 e. The van der Waals surface area contributed by atoms with E-state index in [0.29, 0.717) is 10.9 Å². The summed E-state index contributed by atoms with van der Waals surface area (Å²) < 4.78 is 4.98. The molecule has 0 aliphatic carbocycles. The van der Waals surface area contributed by atoms with Gasteiger partial charge in [0.05, 0.1) is 6.61 Å². The number of benzene rings is 2. The lowest BCUT2D eigenvalue weighted by molar-refractivity contribution is -0.991. The number of ketones is 2. The maximum atomic E-state index is 13.1. The monoisotopic (exact) mass is 382 g/mol. The van der Waals surface area contributed by atoms with E-state index in [0.717, 1.165) is 0 Å². The number of H-pyrrole nitrogens is 1. The Morgan fingerprint density at radius 3 is 2.39 bits per heavy atom. The smallest absolute Gasteiger partial charge is 0.354 e. The molecule has 0 radical (unpaired) electrons. The van der Waals surface area contributed by atoms with Crippen LogP contribution in [0.4, 0.5) is 5.69 Å². The van der Waals surface area contributed by atoms with E-state index in [1.807, 2.05) is 0 Å². The Bertz CT molecular complexity index is 1070. The fraction of sp³-hybridized carbons (Fsp3) is 0.150. The third kappa shape index (κ3) is 3.56. The first-order valence-corrected chi connectivity index (χ1v) is 8.55. The molecular formula is C20H18N2O6. The second kappa shape index (κ2) is 7.73. The fourth-order valence-electron chi connectivity index (χ4n) is 2.97. The van der Waals surface area contributed by atoms with Crippen molar-refractivity contribution in [3.8, 4) is 0 Å². The van der Waals surface area contributed by atoms with Crippen molar-refractivity contribution in [1.29, 1.82) is 0 Å². The minimum atomic E-state index is -1.10. The number of fused-ring (bicyclic) bond motifs is 1. The summed E-state index contributed by atoms with van der Waals surface area (Å²) >= 11 is 0. The van der Waals surface area contributed by atoms with Crippen LogP contribution in [0, 0.1) is 5.21 Å². The molecule has 1 heterocycles. The minimum absolute atomic E-state index is 0.0489. The van der Waals surface area contributed by atoms with Crippen molar-refractivity contribution in [3.63, 3.8) is 0 Å². The van der Waals surface area contributed by atoms with Crippen LogP contribution in [0.3, 0.4) is 0 Å². The van der Waals surface area contributed by atoms with Gasteiger partial charge in [0, 0.05) is 39.7 Å². The molecular weight excluding hydrogens is 364 g/mol. The highest BCUT2D eigenvalue weighted by molar-refractivity contribution is 6.22. The van der Waals surface area contributed by atoms with Gasteiger partial charge in [-0.25, -0.2) is 10.0 Å². The van der Waals surface area contributed by atoms with Crippen LogP contribution in [0.2, 0.25) is 0 Å². The largest absolute Gasteiger partial charge is 0.595 e. The van der Waals surface area contributed by atoms with Gasteiger partial charge in [-0.05, 0) is 44.2 Å². The number of nitrogens with one attached hydrogen (secondary N) is 2. The number of aromatic nitrogens is 1. The van der Waals surface area contributed by atoms with Crippen molar-refractivity contribution in [1.82, 2.24) is 4.98 Å². The number of carbonyl (C=O) groups excluding carboxylic acids is 3. The molecule has 0 spiro atoms. The third-order valence-corrected chi connectivity index (χ3v) is 4.30. The Kier molecular flexibility index (Phi) is 5.36. The number of rotatable bonds is 6. The molecule has 3 rings (SSSR count). The Labute approximate surface area is 159 Å². The fourth-order valence-corrected chi connectivity index (χ4v) is 2.97. The molecule has 0 aliphatic heterocycles. The van der Waals surface area contributed by atoms with Crippen LogP contribution in [-0.4, -0.2) is 34.3 Å². The summed E-state index contributed by atoms with van der Waals surface area (Å²) in [5.74, 6) is -1.30. The number of esters is 1. The van der Waals surface area contributed by atoms with Gasteiger partial charge in [0.25, 0.3) is 0 Å². The normalized spacial score (nSPS) is 12.0. The quantitative estimate of drug-likeness (QED) is 0.341. The van der Waals surface area contributed by atoms with Gasteiger partial charge in [0.15, 0.2) is 17.3 Å². The molecule has 0 aliphatic rings. The van der Waals surface area contributed by atoms with Gasteiger partial charge >= 0.3 is 5.97 Å². The van der Waals surface area contributed by atoms with Crippen LogP contribution in [0.1, 0.15) is 50.6 Å². The number of Topliss-reactive ketones (excluding diaryl/α,β-unsaturated/α-hetero) is 1. The van der Waals surface area contributed by atoms with Crippen LogP contribution in [-0.2, 0) is 4.74 Å². The highest BCUT2D eigenvalue weighted by Gasteiger charge is 2.22. The lowest BCUT2D eigenvalue weighted by atomic mass is 9.93. The number of hydrogen-bond acceptors (Lipinski definition) is 6. The highest BCUT2D eigenvalue weighted by atomic mass is 16.8. The second-order valence-electron chi connectivity index (χ2n) is 6.12. The molecule has 3 N–H and O–H groups in total. The summed E-state index contributed by atoms with van der Waals surface area (Å²) in [5.41, 5.74) is 1.34. The molecule has 0 bridgehead atoms. The topological polar surface area (TPSA) is 124 Å². The molecule has 0 fully saturated rings. The van der Waals surface area contributed by atoms with E-state index in [2.05, 4.69) is 4.98 Å². The van der Waals surface area contributed by atoms with Crippen molar-refractivity contribution >= 4 is 34.1 Å². The number of quaternary nitrogens is 1. The standard InChI is InChI=1S/C20H18N2O6/c1-3-28-20(25)17-10-15-16(21-17)9-8-14(11(2)23)18(15)19(24)12-4-6-13(7-5-12)22(26)27/h4-10,21-22,26H,3H2,1-2H3. The van der Waals surface area contributed by atoms with Crippen molar-refractivity contribution in [2.75, 3.05) is 6.61 Å². The van der Waals surface area contributed by atoms with E-state index in [1.54, 1.807) is 13.0 Å². The lowest BCUT2D eigenvalue weighted by Gasteiger charge is -2.12. The zero-order valence-corrected chi connectivity index (χ0v) is 15.2. The highest BCUT2D eigenvalue weighted by Crippen LogP contribution is 2.27. The van der Waals surface area contributed by atoms with E-state index < -0.39 is 17.0 Å². The number of carbonyl (C=O) groups is 3. The summed E-state index contributed by atoms with van der Waals surface area (Å²) in [5, 5.41) is 19.3. The second-order valence-corrected chi connectivity index (χ2v) is 6.12. The van der Waals surface area contributed by atoms with Gasteiger partial charge in [-0.2, -0.15) is 5.23 Å². The molecule has 0 amide bonds. The van der Waals surface area contributed by atoms with Crippen molar-refractivity contribution in [2.24, 2.45) is 0 Å². The molecule has 8 heteroatoms. The van der Waals surface area contributed by atoms with Gasteiger partial charge in [-0.15, -0.1) is 0 Å². The molecule has 2 aromatic carbocycles. The summed E-state index contributed by atoms with van der Waals surface area (Å²) in [6.45, 7) is 3.24. The maximum Gasteiger partial charge on any atom is 0.354 e. The van der Waals surface area contributed by atoms with Crippen LogP contribution in [0.15, 0.2) is 42.5 Å². The Morgan fingerprint density at radius 2 is 1.82 bits per heavy atom. The van der Waals surface area contributed by atoms with E-state index in [9.17, 15) is 19.6 Å². The van der Waals surface area contributed by atoms with Crippen molar-refractivity contribution in [2.45, 2.75) is 13.8 Å². The van der Waals surface area contributed by atoms with Crippen LogP contribution < -0.4 is 5.23 Å². The summed E-state index contributed by atoms with van der Waals surface area (Å²) in [7, 11) is 0. The molecule has 1 unspecified atom stereocenters. The average molecular weight is 382 g/mol. The van der Waals surface area contributed by atoms with E-state index in [-0.39, 0.29) is 40.5 Å². The lowest BCUT2D eigenvalue weighted by Crippen LogP contribution is -2.99. The first-order valence-electron chi connectivity index (χ1n) is 8.55. The van der Waals surface area contributed by atoms with Gasteiger partial charge in [-0.3, -0.25) is 9.59 Å². The van der Waals surface area contributed by atoms with E-state index >= 15 is 0 Å². The molecule has 0 saturated heterocycles. The van der Waals surface area contributed by atoms with Crippen molar-refractivity contribution in [3.05, 3.63) is 70.1 Å². The summed E-state index contributed by atoms with van der Waals surface area (Å²) in [4.78, 5) is 40.2. The maximum absolute atomic E-state index is 13.1. The molecule has 3 aromatic rings. The first kappa shape index (κ1) is 19.4. The van der Waals surface area contributed by atoms with Crippen LogP contribution in [0.25, 0.3) is 10.9 Å². The average Bonchev–Trinajstić information content (AvgIpc) is 3.11. The van der Waals surface area contributed by atoms with Crippen molar-refractivity contribution < 1.29 is 29.6 Å². The Morgan fingerprint density at radius 1 is 1.14 bits per heavy atom. The summed E-state index contributed by atoms with van der Waals surface area (Å²) in [6.07, 6.45) is 0. The number of aromatic amines is 1. The first-order chi connectivity index (χ1) is 13.3. The zero-order valence-electron chi connectivity index (χ0n) is 15.2.